The maximum absolute atomic E-state index is 13.4. The lowest BCUT2D eigenvalue weighted by Crippen LogP contribution is -1.79. The van der Waals surface area contributed by atoms with Gasteiger partial charge in [0.25, 0.3) is 0 Å². The third-order valence-electron chi connectivity index (χ3n) is 3.53. The first kappa shape index (κ1) is 11.6. The average molecular weight is 278 g/mol. The summed E-state index contributed by atoms with van der Waals surface area (Å²) < 4.78 is 15.9. The highest BCUT2D eigenvalue weighted by atomic mass is 32.1. The summed E-state index contributed by atoms with van der Waals surface area (Å²) in [7, 11) is 0. The lowest BCUT2D eigenvalue weighted by atomic mass is 10.0. The summed E-state index contributed by atoms with van der Waals surface area (Å²) in [6, 6.07) is 21.5. The van der Waals surface area contributed by atoms with Crippen LogP contribution in [0.3, 0.4) is 0 Å². The fourth-order valence-corrected chi connectivity index (χ4v) is 3.66. The van der Waals surface area contributed by atoms with Crippen molar-refractivity contribution < 1.29 is 4.39 Å². The number of benzene rings is 3. The van der Waals surface area contributed by atoms with Crippen LogP contribution >= 0.6 is 11.3 Å². The normalized spacial score (nSPS) is 11.2. The monoisotopic (exact) mass is 278 g/mol. The fourth-order valence-electron chi connectivity index (χ4n) is 2.57. The van der Waals surface area contributed by atoms with Crippen molar-refractivity contribution >= 4 is 31.5 Å². The molecule has 0 nitrogen and oxygen atoms in total. The Labute approximate surface area is 120 Å². The van der Waals surface area contributed by atoms with Crippen LogP contribution in [0.15, 0.2) is 66.7 Å². The van der Waals surface area contributed by atoms with E-state index in [0.717, 1.165) is 11.1 Å². The summed E-state index contributed by atoms with van der Waals surface area (Å²) >= 11 is 1.79. The van der Waals surface area contributed by atoms with Crippen molar-refractivity contribution in [3.63, 3.8) is 0 Å². The number of thiophene rings is 1. The molecular formula is C18H11FS. The molecule has 0 saturated heterocycles. The molecule has 0 fully saturated rings. The van der Waals surface area contributed by atoms with Gasteiger partial charge in [0.1, 0.15) is 5.82 Å². The molecule has 0 spiro atoms. The number of hydrogen-bond donors (Lipinski definition) is 0. The van der Waals surface area contributed by atoms with E-state index < -0.39 is 0 Å². The lowest BCUT2D eigenvalue weighted by molar-refractivity contribution is 0.628. The summed E-state index contributed by atoms with van der Waals surface area (Å²) in [4.78, 5) is 0. The van der Waals surface area contributed by atoms with Crippen molar-refractivity contribution in [2.75, 3.05) is 0 Å². The molecule has 0 N–H and O–H groups in total. The first-order valence-corrected chi connectivity index (χ1v) is 7.30. The van der Waals surface area contributed by atoms with Crippen LogP contribution in [0.5, 0.6) is 0 Å². The van der Waals surface area contributed by atoms with E-state index in [1.807, 2.05) is 6.07 Å². The molecule has 0 aliphatic rings. The van der Waals surface area contributed by atoms with Crippen LogP contribution in [-0.2, 0) is 0 Å². The van der Waals surface area contributed by atoms with Crippen LogP contribution < -0.4 is 0 Å². The van der Waals surface area contributed by atoms with Gasteiger partial charge in [-0.3, -0.25) is 0 Å². The van der Waals surface area contributed by atoms with Crippen LogP contribution in [0.2, 0.25) is 0 Å². The zero-order valence-electron chi connectivity index (χ0n) is 10.6. The second-order valence-corrected chi connectivity index (χ2v) is 5.90. The molecule has 2 heteroatoms. The highest BCUT2D eigenvalue weighted by Gasteiger charge is 2.06. The minimum absolute atomic E-state index is 0.197. The minimum atomic E-state index is -0.197. The molecule has 0 unspecified atom stereocenters. The first-order valence-electron chi connectivity index (χ1n) is 6.48. The van der Waals surface area contributed by atoms with E-state index in [-0.39, 0.29) is 5.82 Å². The molecule has 4 rings (SSSR count). The van der Waals surface area contributed by atoms with Gasteiger partial charge in [0.15, 0.2) is 0 Å². The second-order valence-electron chi connectivity index (χ2n) is 4.82. The summed E-state index contributed by atoms with van der Waals surface area (Å²) in [5.41, 5.74) is 1.97. The van der Waals surface area contributed by atoms with Gasteiger partial charge in [-0.1, -0.05) is 36.4 Å². The zero-order valence-corrected chi connectivity index (χ0v) is 11.5. The van der Waals surface area contributed by atoms with Gasteiger partial charge < -0.3 is 0 Å². The Kier molecular flexibility index (Phi) is 2.57. The Balaban J connectivity index is 2.00. The largest absolute Gasteiger partial charge is 0.207 e. The maximum atomic E-state index is 13.4. The van der Waals surface area contributed by atoms with Gasteiger partial charge in [0.05, 0.1) is 0 Å². The third kappa shape index (κ3) is 1.81. The predicted molar refractivity (Wildman–Crippen MR) is 84.7 cm³/mol. The molecule has 4 aromatic rings. The molecule has 3 aromatic carbocycles. The van der Waals surface area contributed by atoms with Crippen molar-refractivity contribution in [1.29, 1.82) is 0 Å². The Morgan fingerprint density at radius 3 is 2.35 bits per heavy atom. The van der Waals surface area contributed by atoms with Gasteiger partial charge >= 0.3 is 0 Å². The number of hydrogen-bond acceptors (Lipinski definition) is 1. The lowest BCUT2D eigenvalue weighted by Gasteiger charge is -2.02. The third-order valence-corrected chi connectivity index (χ3v) is 4.69. The molecule has 1 aromatic heterocycles. The summed E-state index contributed by atoms with van der Waals surface area (Å²) in [6.45, 7) is 0. The molecular weight excluding hydrogens is 267 g/mol. The van der Waals surface area contributed by atoms with Crippen LogP contribution in [-0.4, -0.2) is 0 Å². The van der Waals surface area contributed by atoms with E-state index in [9.17, 15) is 4.39 Å². The van der Waals surface area contributed by atoms with Crippen LogP contribution in [0, 0.1) is 5.82 Å². The molecule has 0 aliphatic carbocycles. The zero-order chi connectivity index (χ0) is 13.5. The summed E-state index contributed by atoms with van der Waals surface area (Å²) in [6.07, 6.45) is 0. The van der Waals surface area contributed by atoms with Crippen molar-refractivity contribution in [1.82, 2.24) is 0 Å². The Morgan fingerprint density at radius 2 is 1.45 bits per heavy atom. The van der Waals surface area contributed by atoms with E-state index in [0.29, 0.717) is 0 Å². The highest BCUT2D eigenvalue weighted by Crippen LogP contribution is 2.36. The van der Waals surface area contributed by atoms with Crippen molar-refractivity contribution in [3.05, 3.63) is 72.5 Å². The molecule has 1 heterocycles. The van der Waals surface area contributed by atoms with Gasteiger partial charge in [-0.2, -0.15) is 0 Å². The highest BCUT2D eigenvalue weighted by molar-refractivity contribution is 7.25. The molecule has 0 radical (unpaired) electrons. The van der Waals surface area contributed by atoms with Gasteiger partial charge in [0, 0.05) is 20.2 Å². The van der Waals surface area contributed by atoms with Gasteiger partial charge in [-0.05, 0) is 41.5 Å². The molecule has 96 valence electrons. The van der Waals surface area contributed by atoms with Crippen molar-refractivity contribution in [3.8, 4) is 11.1 Å². The van der Waals surface area contributed by atoms with E-state index >= 15 is 0 Å². The quantitative estimate of drug-likeness (QED) is 0.409. The molecule has 0 atom stereocenters. The molecule has 0 aliphatic heterocycles. The standard InChI is InChI=1S/C18H11FS/c19-14-5-3-4-12(10-14)13-8-9-18-16(11-13)15-6-1-2-7-17(15)20-18/h1-11H. The fraction of sp³-hybridized carbons (Fsp3) is 0. The van der Waals surface area contributed by atoms with E-state index in [4.69, 9.17) is 0 Å². The van der Waals surface area contributed by atoms with Crippen LogP contribution in [0.1, 0.15) is 0 Å². The molecule has 0 amide bonds. The smallest absolute Gasteiger partial charge is 0.123 e. The van der Waals surface area contributed by atoms with Gasteiger partial charge in [-0.25, -0.2) is 4.39 Å². The molecule has 0 saturated carbocycles. The van der Waals surface area contributed by atoms with Crippen LogP contribution in [0.4, 0.5) is 4.39 Å². The van der Waals surface area contributed by atoms with E-state index in [2.05, 4.69) is 42.5 Å². The van der Waals surface area contributed by atoms with E-state index in [1.165, 1.54) is 26.2 Å². The van der Waals surface area contributed by atoms with Gasteiger partial charge in [-0.15, -0.1) is 11.3 Å². The Morgan fingerprint density at radius 1 is 0.650 bits per heavy atom. The van der Waals surface area contributed by atoms with Crippen LogP contribution in [0.25, 0.3) is 31.3 Å². The Bertz CT molecular complexity index is 921. The van der Waals surface area contributed by atoms with Crippen molar-refractivity contribution in [2.45, 2.75) is 0 Å². The second kappa shape index (κ2) is 4.43. The topological polar surface area (TPSA) is 0 Å². The number of halogens is 1. The molecule has 20 heavy (non-hydrogen) atoms. The minimum Gasteiger partial charge on any atom is -0.207 e. The summed E-state index contributed by atoms with van der Waals surface area (Å²) in [5, 5.41) is 2.51. The molecule has 0 bridgehead atoms. The predicted octanol–water partition coefficient (Wildman–Crippen LogP) is 5.86. The SMILES string of the molecule is Fc1cccc(-c2ccc3sc4ccccc4c3c2)c1. The number of fused-ring (bicyclic) bond motifs is 3. The van der Waals surface area contributed by atoms with E-state index in [1.54, 1.807) is 23.5 Å². The van der Waals surface area contributed by atoms with Gasteiger partial charge in [0.2, 0.25) is 0 Å². The average Bonchev–Trinajstić information content (AvgIpc) is 2.85. The van der Waals surface area contributed by atoms with Crippen molar-refractivity contribution in [2.24, 2.45) is 0 Å². The maximum Gasteiger partial charge on any atom is 0.123 e. The first-order chi connectivity index (χ1) is 9.81. The Hall–Kier alpha value is -2.19. The summed E-state index contributed by atoms with van der Waals surface area (Å²) in [5.74, 6) is -0.197. The number of rotatable bonds is 1.